The first-order chi connectivity index (χ1) is 7.24. The summed E-state index contributed by atoms with van der Waals surface area (Å²) in [7, 11) is 0. The van der Waals surface area contributed by atoms with Crippen LogP contribution in [-0.4, -0.2) is 23.2 Å². The minimum absolute atomic E-state index is 0.277. The summed E-state index contributed by atoms with van der Waals surface area (Å²) in [6, 6.07) is 3.74. The van der Waals surface area contributed by atoms with E-state index in [0.29, 0.717) is 0 Å². The van der Waals surface area contributed by atoms with Crippen molar-refractivity contribution in [1.29, 1.82) is 0 Å². The molecular formula is C11H19N3O. The van der Waals surface area contributed by atoms with Crippen LogP contribution in [0.5, 0.6) is 0 Å². The van der Waals surface area contributed by atoms with Crippen LogP contribution in [0.3, 0.4) is 0 Å². The van der Waals surface area contributed by atoms with Crippen molar-refractivity contribution in [2.45, 2.75) is 26.2 Å². The number of aliphatic hydroxyl groups excluding tert-OH is 1. The molecule has 84 valence electrons. The van der Waals surface area contributed by atoms with Gasteiger partial charge in [-0.25, -0.2) is 4.98 Å². The van der Waals surface area contributed by atoms with Gasteiger partial charge in [-0.1, -0.05) is 0 Å². The topological polar surface area (TPSA) is 71.2 Å². The zero-order valence-electron chi connectivity index (χ0n) is 9.16. The molecule has 15 heavy (non-hydrogen) atoms. The first-order valence-corrected chi connectivity index (χ1v) is 5.32. The quantitative estimate of drug-likeness (QED) is 0.622. The molecule has 0 atom stereocenters. The predicted molar refractivity (Wildman–Crippen MR) is 62.8 cm³/mol. The van der Waals surface area contributed by atoms with Gasteiger partial charge in [0.1, 0.15) is 5.82 Å². The molecule has 0 spiro atoms. The summed E-state index contributed by atoms with van der Waals surface area (Å²) in [6.07, 6.45) is 2.96. The fourth-order valence-electron chi connectivity index (χ4n) is 1.30. The molecule has 1 heterocycles. The first kappa shape index (κ1) is 11.8. The van der Waals surface area contributed by atoms with Gasteiger partial charge in [-0.15, -0.1) is 0 Å². The number of hydrogen-bond donors (Lipinski definition) is 3. The van der Waals surface area contributed by atoms with E-state index >= 15 is 0 Å². The van der Waals surface area contributed by atoms with Crippen LogP contribution in [0.2, 0.25) is 0 Å². The monoisotopic (exact) mass is 209 g/mol. The standard InChI is InChI=1S/C11H19N3O/c1-9-10(12)5-6-11(14-9)13-7-3-2-4-8-15/h5-6,15H,2-4,7-8,12H2,1H3,(H,13,14). The Balaban J connectivity index is 2.28. The van der Waals surface area contributed by atoms with Crippen LogP contribution >= 0.6 is 0 Å². The lowest BCUT2D eigenvalue weighted by atomic mass is 10.2. The van der Waals surface area contributed by atoms with E-state index < -0.39 is 0 Å². The van der Waals surface area contributed by atoms with E-state index in [1.807, 2.05) is 19.1 Å². The van der Waals surface area contributed by atoms with Crippen LogP contribution in [0, 0.1) is 6.92 Å². The highest BCUT2D eigenvalue weighted by atomic mass is 16.2. The maximum absolute atomic E-state index is 8.60. The number of aromatic nitrogens is 1. The third kappa shape index (κ3) is 4.16. The molecule has 0 radical (unpaired) electrons. The van der Waals surface area contributed by atoms with Gasteiger partial charge in [0, 0.05) is 13.2 Å². The Morgan fingerprint density at radius 3 is 2.80 bits per heavy atom. The fourth-order valence-corrected chi connectivity index (χ4v) is 1.30. The molecular weight excluding hydrogens is 190 g/mol. The largest absolute Gasteiger partial charge is 0.397 e. The highest BCUT2D eigenvalue weighted by Gasteiger charge is 1.97. The van der Waals surface area contributed by atoms with E-state index in [2.05, 4.69) is 10.3 Å². The van der Waals surface area contributed by atoms with Gasteiger partial charge < -0.3 is 16.2 Å². The summed E-state index contributed by atoms with van der Waals surface area (Å²) in [5.41, 5.74) is 7.24. The number of aryl methyl sites for hydroxylation is 1. The van der Waals surface area contributed by atoms with E-state index in [0.717, 1.165) is 43.0 Å². The number of nitrogens with one attached hydrogen (secondary N) is 1. The van der Waals surface area contributed by atoms with Crippen molar-refractivity contribution in [3.8, 4) is 0 Å². The number of anilines is 2. The predicted octanol–water partition coefficient (Wildman–Crippen LogP) is 1.55. The van der Waals surface area contributed by atoms with Crippen LogP contribution in [0.1, 0.15) is 25.0 Å². The molecule has 1 aromatic heterocycles. The van der Waals surface area contributed by atoms with Gasteiger partial charge in [0.05, 0.1) is 11.4 Å². The van der Waals surface area contributed by atoms with Gasteiger partial charge in [0.2, 0.25) is 0 Å². The fraction of sp³-hybridized carbons (Fsp3) is 0.545. The Hall–Kier alpha value is -1.29. The first-order valence-electron chi connectivity index (χ1n) is 5.32. The van der Waals surface area contributed by atoms with Crippen molar-refractivity contribution in [2.24, 2.45) is 0 Å². The smallest absolute Gasteiger partial charge is 0.126 e. The zero-order valence-corrected chi connectivity index (χ0v) is 9.16. The van der Waals surface area contributed by atoms with Crippen LogP contribution in [-0.2, 0) is 0 Å². The average molecular weight is 209 g/mol. The third-order valence-electron chi connectivity index (χ3n) is 2.27. The minimum atomic E-state index is 0.277. The van der Waals surface area contributed by atoms with E-state index in [4.69, 9.17) is 10.8 Å². The molecule has 0 amide bonds. The molecule has 1 rings (SSSR count). The summed E-state index contributed by atoms with van der Waals surface area (Å²) in [5, 5.41) is 11.8. The number of hydrogen-bond acceptors (Lipinski definition) is 4. The molecule has 0 aliphatic rings. The van der Waals surface area contributed by atoms with E-state index in [1.54, 1.807) is 0 Å². The molecule has 0 unspecified atom stereocenters. The van der Waals surface area contributed by atoms with Crippen molar-refractivity contribution in [2.75, 3.05) is 24.2 Å². The number of nitrogens with zero attached hydrogens (tertiary/aromatic N) is 1. The number of rotatable bonds is 6. The van der Waals surface area contributed by atoms with Gasteiger partial charge >= 0.3 is 0 Å². The second-order valence-corrected chi connectivity index (χ2v) is 3.58. The van der Waals surface area contributed by atoms with Crippen molar-refractivity contribution in [1.82, 2.24) is 4.98 Å². The summed E-state index contributed by atoms with van der Waals surface area (Å²) in [5.74, 6) is 0.866. The molecule has 0 aliphatic carbocycles. The molecule has 1 aromatic rings. The Kier molecular flexibility index (Phi) is 4.90. The Labute approximate surface area is 90.5 Å². The second-order valence-electron chi connectivity index (χ2n) is 3.58. The van der Waals surface area contributed by atoms with Gasteiger partial charge in [0.15, 0.2) is 0 Å². The molecule has 0 saturated heterocycles. The van der Waals surface area contributed by atoms with Crippen molar-refractivity contribution < 1.29 is 5.11 Å². The number of nitrogen functional groups attached to an aromatic ring is 1. The minimum Gasteiger partial charge on any atom is -0.397 e. The summed E-state index contributed by atoms with van der Waals surface area (Å²) < 4.78 is 0. The number of pyridine rings is 1. The van der Waals surface area contributed by atoms with Crippen molar-refractivity contribution in [3.05, 3.63) is 17.8 Å². The Morgan fingerprint density at radius 1 is 1.33 bits per heavy atom. The van der Waals surface area contributed by atoms with Crippen LogP contribution < -0.4 is 11.1 Å². The lowest BCUT2D eigenvalue weighted by molar-refractivity contribution is 0.283. The van der Waals surface area contributed by atoms with E-state index in [-0.39, 0.29) is 6.61 Å². The average Bonchev–Trinajstić information content (AvgIpc) is 2.23. The maximum atomic E-state index is 8.60. The Morgan fingerprint density at radius 2 is 2.13 bits per heavy atom. The van der Waals surface area contributed by atoms with Crippen LogP contribution in [0.25, 0.3) is 0 Å². The van der Waals surface area contributed by atoms with Crippen LogP contribution in [0.15, 0.2) is 12.1 Å². The van der Waals surface area contributed by atoms with Gasteiger partial charge in [0.25, 0.3) is 0 Å². The molecule has 4 heteroatoms. The van der Waals surface area contributed by atoms with Gasteiger partial charge in [-0.3, -0.25) is 0 Å². The number of aliphatic hydroxyl groups is 1. The van der Waals surface area contributed by atoms with Gasteiger partial charge in [-0.05, 0) is 38.3 Å². The number of unbranched alkanes of at least 4 members (excludes halogenated alkanes) is 2. The molecule has 4 nitrogen and oxygen atoms in total. The normalized spacial score (nSPS) is 10.3. The lowest BCUT2D eigenvalue weighted by Crippen LogP contribution is -2.05. The molecule has 0 aromatic carbocycles. The highest BCUT2D eigenvalue weighted by Crippen LogP contribution is 2.11. The van der Waals surface area contributed by atoms with Crippen molar-refractivity contribution >= 4 is 11.5 Å². The molecule has 0 bridgehead atoms. The lowest BCUT2D eigenvalue weighted by Gasteiger charge is -2.07. The molecule has 0 saturated carbocycles. The summed E-state index contributed by atoms with van der Waals surface area (Å²) in [4.78, 5) is 4.31. The maximum Gasteiger partial charge on any atom is 0.126 e. The van der Waals surface area contributed by atoms with Gasteiger partial charge in [-0.2, -0.15) is 0 Å². The zero-order chi connectivity index (χ0) is 11.1. The Bertz CT molecular complexity index is 302. The summed E-state index contributed by atoms with van der Waals surface area (Å²) >= 11 is 0. The number of nitrogens with two attached hydrogens (primary N) is 1. The van der Waals surface area contributed by atoms with E-state index in [9.17, 15) is 0 Å². The SMILES string of the molecule is Cc1nc(NCCCCCO)ccc1N. The third-order valence-corrected chi connectivity index (χ3v) is 2.27. The summed E-state index contributed by atoms with van der Waals surface area (Å²) in [6.45, 7) is 3.06. The second kappa shape index (κ2) is 6.24. The van der Waals surface area contributed by atoms with Crippen molar-refractivity contribution in [3.63, 3.8) is 0 Å². The molecule has 4 N–H and O–H groups in total. The van der Waals surface area contributed by atoms with Crippen LogP contribution in [0.4, 0.5) is 11.5 Å². The molecule has 0 fully saturated rings. The highest BCUT2D eigenvalue weighted by molar-refractivity contribution is 5.48. The molecule has 0 aliphatic heterocycles. The van der Waals surface area contributed by atoms with E-state index in [1.165, 1.54) is 0 Å².